The highest BCUT2D eigenvalue weighted by molar-refractivity contribution is 6.31. The van der Waals surface area contributed by atoms with Crippen LogP contribution in [0.25, 0.3) is 5.69 Å². The Balaban J connectivity index is 1.41. The minimum Gasteiger partial charge on any atom is -0.321 e. The van der Waals surface area contributed by atoms with E-state index in [1.165, 1.54) is 25.6 Å². The highest BCUT2D eigenvalue weighted by Crippen LogP contribution is 2.27. The van der Waals surface area contributed by atoms with E-state index in [1.807, 2.05) is 11.0 Å². The number of carbonyl (C=O) groups excluding carboxylic acids is 1. The average molecular weight is 375 g/mol. The van der Waals surface area contributed by atoms with Crippen molar-refractivity contribution in [2.45, 2.75) is 38.3 Å². The zero-order valence-corrected chi connectivity index (χ0v) is 15.6. The first-order valence-corrected chi connectivity index (χ1v) is 9.46. The molecule has 8 heteroatoms. The van der Waals surface area contributed by atoms with Gasteiger partial charge in [0.25, 0.3) is 0 Å². The number of nitrogens with one attached hydrogen (secondary N) is 1. The molecule has 1 atom stereocenters. The van der Waals surface area contributed by atoms with Gasteiger partial charge in [0.05, 0.1) is 11.4 Å². The molecule has 0 saturated carbocycles. The molecule has 2 aliphatic heterocycles. The summed E-state index contributed by atoms with van der Waals surface area (Å²) in [6.45, 7) is 4.98. The van der Waals surface area contributed by atoms with Gasteiger partial charge in [-0.15, -0.1) is 0 Å². The third kappa shape index (κ3) is 3.41. The number of aromatic nitrogens is 3. The van der Waals surface area contributed by atoms with Crippen LogP contribution in [0, 0.1) is 0 Å². The van der Waals surface area contributed by atoms with Crippen LogP contribution in [0.2, 0.25) is 5.02 Å². The van der Waals surface area contributed by atoms with E-state index in [-0.39, 0.29) is 6.03 Å². The van der Waals surface area contributed by atoms with Gasteiger partial charge in [0.2, 0.25) is 0 Å². The first-order chi connectivity index (χ1) is 12.6. The molecule has 0 bridgehead atoms. The van der Waals surface area contributed by atoms with E-state index < -0.39 is 0 Å². The predicted octanol–water partition coefficient (Wildman–Crippen LogP) is 3.01. The van der Waals surface area contributed by atoms with Crippen LogP contribution in [0.3, 0.4) is 0 Å². The van der Waals surface area contributed by atoms with Gasteiger partial charge in [-0.3, -0.25) is 4.90 Å². The Hall–Kier alpha value is -2.12. The number of carbonyl (C=O) groups is 1. The molecule has 138 valence electrons. The average Bonchev–Trinajstić information content (AvgIpc) is 3.09. The number of anilines is 1. The van der Waals surface area contributed by atoms with Crippen molar-refractivity contribution in [2.75, 3.05) is 25.0 Å². The second-order valence-corrected chi connectivity index (χ2v) is 7.51. The van der Waals surface area contributed by atoms with Gasteiger partial charge in [-0.25, -0.2) is 14.5 Å². The molecular formula is C18H23ClN6O. The Bertz CT molecular complexity index is 774. The summed E-state index contributed by atoms with van der Waals surface area (Å²) in [5, 5.41) is 7.67. The van der Waals surface area contributed by atoms with Gasteiger partial charge in [0.1, 0.15) is 12.7 Å². The Kier molecular flexibility index (Phi) is 4.82. The monoisotopic (exact) mass is 374 g/mol. The van der Waals surface area contributed by atoms with Gasteiger partial charge < -0.3 is 10.2 Å². The normalized spacial score (nSPS) is 21.5. The van der Waals surface area contributed by atoms with E-state index in [4.69, 9.17) is 11.6 Å². The lowest BCUT2D eigenvalue weighted by Gasteiger charge is -2.49. The molecule has 2 amide bonds. The zero-order chi connectivity index (χ0) is 18.1. The van der Waals surface area contributed by atoms with Crippen molar-refractivity contribution in [3.63, 3.8) is 0 Å². The number of hydrogen-bond donors (Lipinski definition) is 1. The summed E-state index contributed by atoms with van der Waals surface area (Å²) in [7, 11) is 0. The van der Waals surface area contributed by atoms with Crippen molar-refractivity contribution in [3.05, 3.63) is 35.9 Å². The lowest BCUT2D eigenvalue weighted by Crippen LogP contribution is -2.64. The quantitative estimate of drug-likeness (QED) is 0.896. The Morgan fingerprint density at radius 2 is 2.15 bits per heavy atom. The fourth-order valence-corrected chi connectivity index (χ4v) is 4.00. The highest BCUT2D eigenvalue weighted by atomic mass is 35.5. The van der Waals surface area contributed by atoms with Crippen molar-refractivity contribution in [3.8, 4) is 5.69 Å². The number of rotatable bonds is 3. The van der Waals surface area contributed by atoms with Gasteiger partial charge in [-0.05, 0) is 44.5 Å². The fourth-order valence-electron chi connectivity index (χ4n) is 3.83. The molecule has 4 rings (SSSR count). The molecule has 0 aliphatic carbocycles. The van der Waals surface area contributed by atoms with Crippen LogP contribution in [0.1, 0.15) is 26.2 Å². The van der Waals surface area contributed by atoms with Gasteiger partial charge in [0.15, 0.2) is 0 Å². The second kappa shape index (κ2) is 7.25. The minimum atomic E-state index is -0.102. The standard InChI is InChI=1S/C18H23ClN6O/c1-13-4-2-3-7-24(13)15-9-23(10-15)18(26)22-16-8-14(19)5-6-17(16)25-12-20-11-21-25/h5-6,8,11-13,15H,2-4,7,9-10H2,1H3,(H,22,26). The summed E-state index contributed by atoms with van der Waals surface area (Å²) >= 11 is 6.11. The summed E-state index contributed by atoms with van der Waals surface area (Å²) in [6, 6.07) is 6.32. The van der Waals surface area contributed by atoms with Crippen LogP contribution in [0.5, 0.6) is 0 Å². The Morgan fingerprint density at radius 3 is 2.88 bits per heavy atom. The SMILES string of the molecule is CC1CCCCN1C1CN(C(=O)Nc2cc(Cl)ccc2-n2cncn2)C1. The lowest BCUT2D eigenvalue weighted by atomic mass is 9.98. The number of nitrogens with zero attached hydrogens (tertiary/aromatic N) is 5. The molecule has 1 aromatic heterocycles. The number of amides is 2. The van der Waals surface area contributed by atoms with Gasteiger partial charge in [-0.1, -0.05) is 18.0 Å². The molecule has 2 aliphatic rings. The summed E-state index contributed by atoms with van der Waals surface area (Å²) in [5.41, 5.74) is 1.37. The fraction of sp³-hybridized carbons (Fsp3) is 0.500. The molecule has 0 spiro atoms. The first-order valence-electron chi connectivity index (χ1n) is 9.08. The number of benzene rings is 1. The highest BCUT2D eigenvalue weighted by Gasteiger charge is 2.37. The molecule has 2 aromatic rings. The Labute approximate surface area is 157 Å². The van der Waals surface area contributed by atoms with Gasteiger partial charge in [-0.2, -0.15) is 5.10 Å². The number of likely N-dealkylation sites (tertiary alicyclic amines) is 2. The van der Waals surface area contributed by atoms with E-state index in [9.17, 15) is 4.79 Å². The molecule has 3 heterocycles. The summed E-state index contributed by atoms with van der Waals surface area (Å²) in [4.78, 5) is 21.0. The van der Waals surface area contributed by atoms with E-state index in [2.05, 4.69) is 27.2 Å². The van der Waals surface area contributed by atoms with Gasteiger partial charge >= 0.3 is 6.03 Å². The van der Waals surface area contributed by atoms with Crippen LogP contribution in [0.15, 0.2) is 30.9 Å². The minimum absolute atomic E-state index is 0.102. The molecular weight excluding hydrogens is 352 g/mol. The topological polar surface area (TPSA) is 66.3 Å². The number of piperidine rings is 1. The summed E-state index contributed by atoms with van der Waals surface area (Å²) in [6.07, 6.45) is 6.88. The number of halogens is 1. The smallest absolute Gasteiger partial charge is 0.321 e. The number of urea groups is 1. The van der Waals surface area contributed by atoms with E-state index in [0.717, 1.165) is 25.3 Å². The van der Waals surface area contributed by atoms with Gasteiger partial charge in [0, 0.05) is 30.2 Å². The van der Waals surface area contributed by atoms with Crippen LogP contribution in [-0.2, 0) is 0 Å². The molecule has 2 saturated heterocycles. The third-order valence-corrected chi connectivity index (χ3v) is 5.57. The molecule has 2 fully saturated rings. The van der Waals surface area contributed by atoms with E-state index >= 15 is 0 Å². The van der Waals surface area contributed by atoms with Crippen LogP contribution in [0.4, 0.5) is 10.5 Å². The molecule has 0 radical (unpaired) electrons. The van der Waals surface area contributed by atoms with Crippen molar-refractivity contribution in [1.29, 1.82) is 0 Å². The molecule has 1 unspecified atom stereocenters. The molecule has 7 nitrogen and oxygen atoms in total. The zero-order valence-electron chi connectivity index (χ0n) is 14.8. The lowest BCUT2D eigenvalue weighted by molar-refractivity contribution is 0.0199. The van der Waals surface area contributed by atoms with Crippen LogP contribution < -0.4 is 5.32 Å². The number of hydrogen-bond acceptors (Lipinski definition) is 4. The van der Waals surface area contributed by atoms with Crippen molar-refractivity contribution >= 4 is 23.3 Å². The van der Waals surface area contributed by atoms with E-state index in [1.54, 1.807) is 23.1 Å². The summed E-state index contributed by atoms with van der Waals surface area (Å²) < 4.78 is 1.61. The third-order valence-electron chi connectivity index (χ3n) is 5.34. The van der Waals surface area contributed by atoms with Crippen molar-refractivity contribution in [2.24, 2.45) is 0 Å². The maximum Gasteiger partial charge on any atom is 0.322 e. The molecule has 26 heavy (non-hydrogen) atoms. The predicted molar refractivity (Wildman–Crippen MR) is 101 cm³/mol. The van der Waals surface area contributed by atoms with E-state index in [0.29, 0.717) is 22.8 Å². The summed E-state index contributed by atoms with van der Waals surface area (Å²) in [5.74, 6) is 0. The first kappa shape index (κ1) is 17.3. The molecule has 1 aromatic carbocycles. The van der Waals surface area contributed by atoms with Crippen molar-refractivity contribution < 1.29 is 4.79 Å². The van der Waals surface area contributed by atoms with Crippen LogP contribution in [-0.4, -0.2) is 62.3 Å². The molecule has 1 N–H and O–H groups in total. The Morgan fingerprint density at radius 1 is 1.31 bits per heavy atom. The second-order valence-electron chi connectivity index (χ2n) is 7.07. The maximum atomic E-state index is 12.6. The van der Waals surface area contributed by atoms with Crippen LogP contribution >= 0.6 is 11.6 Å². The maximum absolute atomic E-state index is 12.6. The van der Waals surface area contributed by atoms with Crippen molar-refractivity contribution in [1.82, 2.24) is 24.6 Å². The largest absolute Gasteiger partial charge is 0.322 e.